The lowest BCUT2D eigenvalue weighted by atomic mass is 10.1. The number of nitro groups is 1. The lowest BCUT2D eigenvalue weighted by Gasteiger charge is -2.15. The van der Waals surface area contributed by atoms with Gasteiger partial charge in [-0.3, -0.25) is 25.1 Å². The van der Waals surface area contributed by atoms with Crippen molar-refractivity contribution in [3.63, 3.8) is 0 Å². The van der Waals surface area contributed by atoms with E-state index < -0.39 is 28.8 Å². The third-order valence-corrected chi connectivity index (χ3v) is 4.33. The first-order valence-corrected chi connectivity index (χ1v) is 9.35. The molecule has 0 aromatic heterocycles. The van der Waals surface area contributed by atoms with Gasteiger partial charge in [-0.25, -0.2) is 9.80 Å². The maximum atomic E-state index is 12.8. The predicted molar refractivity (Wildman–Crippen MR) is 110 cm³/mol. The van der Waals surface area contributed by atoms with Gasteiger partial charge in [-0.15, -0.1) is 0 Å². The first-order chi connectivity index (χ1) is 14.8. The molecule has 0 bridgehead atoms. The number of para-hydroxylation sites is 1. The van der Waals surface area contributed by atoms with Gasteiger partial charge < -0.3 is 9.47 Å². The highest BCUT2D eigenvalue weighted by molar-refractivity contribution is 6.31. The van der Waals surface area contributed by atoms with Crippen molar-refractivity contribution in [3.8, 4) is 5.75 Å². The molecule has 0 saturated carbocycles. The number of amides is 2. The van der Waals surface area contributed by atoms with Gasteiger partial charge in [0.1, 0.15) is 11.3 Å². The monoisotopic (exact) mass is 425 g/mol. The van der Waals surface area contributed by atoms with Crippen LogP contribution in [0.1, 0.15) is 19.4 Å². The number of rotatable bonds is 7. The fraction of sp³-hybridized carbons (Fsp3) is 0.190. The molecule has 1 heterocycles. The molecule has 31 heavy (non-hydrogen) atoms. The zero-order chi connectivity index (χ0) is 22.5. The maximum Gasteiger partial charge on any atom is 0.347 e. The number of hydrazine groups is 1. The van der Waals surface area contributed by atoms with Gasteiger partial charge in [-0.2, -0.15) is 0 Å². The molecule has 10 nitrogen and oxygen atoms in total. The molecule has 3 rings (SSSR count). The quantitative estimate of drug-likeness (QED) is 0.237. The van der Waals surface area contributed by atoms with Gasteiger partial charge in [0, 0.05) is 17.7 Å². The van der Waals surface area contributed by atoms with E-state index in [0.29, 0.717) is 5.69 Å². The van der Waals surface area contributed by atoms with Crippen molar-refractivity contribution in [2.45, 2.75) is 20.0 Å². The minimum Gasteiger partial charge on any atom is -0.478 e. The topological polar surface area (TPSA) is 128 Å². The largest absolute Gasteiger partial charge is 0.478 e. The van der Waals surface area contributed by atoms with Gasteiger partial charge in [0.15, 0.2) is 6.10 Å². The Morgan fingerprint density at radius 1 is 1.23 bits per heavy atom. The molecule has 10 heteroatoms. The SMILES string of the molecule is CCOC(=O)[C@H](C)Oc1ccc([N+](=O)[O-])cc1/C=C1/C(=O)NN(c2ccccc2)C1=O. The Kier molecular flexibility index (Phi) is 6.29. The summed E-state index contributed by atoms with van der Waals surface area (Å²) in [4.78, 5) is 47.7. The molecule has 1 fully saturated rings. The molecule has 2 aromatic rings. The molecular weight excluding hydrogens is 406 g/mol. The van der Waals surface area contributed by atoms with Gasteiger partial charge >= 0.3 is 5.97 Å². The standard InChI is InChI=1S/C21H19N3O7/c1-3-30-21(27)13(2)31-18-10-9-16(24(28)29)11-14(18)12-17-19(25)22-23(20(17)26)15-7-5-4-6-8-15/h4-13H,3H2,1-2H3,(H,22,25)/b17-12-/t13-/m0/s1. The Labute approximate surface area is 177 Å². The van der Waals surface area contributed by atoms with Crippen LogP contribution < -0.4 is 15.2 Å². The van der Waals surface area contributed by atoms with Crippen LogP contribution in [-0.4, -0.2) is 35.4 Å². The fourth-order valence-corrected chi connectivity index (χ4v) is 2.84. The van der Waals surface area contributed by atoms with Crippen LogP contribution in [0.25, 0.3) is 6.08 Å². The lowest BCUT2D eigenvalue weighted by Crippen LogP contribution is -2.35. The Balaban J connectivity index is 1.98. The van der Waals surface area contributed by atoms with Crippen molar-refractivity contribution in [2.75, 3.05) is 11.6 Å². The number of ether oxygens (including phenoxy) is 2. The van der Waals surface area contributed by atoms with E-state index in [1.807, 2.05) is 0 Å². The minimum atomic E-state index is -1.01. The zero-order valence-electron chi connectivity index (χ0n) is 16.7. The third-order valence-electron chi connectivity index (χ3n) is 4.33. The summed E-state index contributed by atoms with van der Waals surface area (Å²) in [6.45, 7) is 3.27. The highest BCUT2D eigenvalue weighted by Crippen LogP contribution is 2.29. The normalized spacial score (nSPS) is 15.5. The molecule has 1 N–H and O–H groups in total. The van der Waals surface area contributed by atoms with E-state index >= 15 is 0 Å². The summed E-state index contributed by atoms with van der Waals surface area (Å²) in [7, 11) is 0. The number of hydrogen-bond acceptors (Lipinski definition) is 7. The molecule has 2 amide bonds. The van der Waals surface area contributed by atoms with E-state index in [-0.39, 0.29) is 29.2 Å². The average Bonchev–Trinajstić information content (AvgIpc) is 3.03. The molecule has 1 aliphatic heterocycles. The smallest absolute Gasteiger partial charge is 0.347 e. The number of nitro benzene ring substituents is 1. The Morgan fingerprint density at radius 2 is 1.94 bits per heavy atom. The zero-order valence-corrected chi connectivity index (χ0v) is 16.7. The van der Waals surface area contributed by atoms with Crippen LogP contribution in [0.4, 0.5) is 11.4 Å². The summed E-state index contributed by atoms with van der Waals surface area (Å²) in [5.74, 6) is -1.85. The van der Waals surface area contributed by atoms with Gasteiger partial charge in [0.2, 0.25) is 0 Å². The second-order valence-corrected chi connectivity index (χ2v) is 6.47. The summed E-state index contributed by atoms with van der Waals surface area (Å²) in [6.07, 6.45) is 0.188. The van der Waals surface area contributed by atoms with Crippen LogP contribution >= 0.6 is 0 Å². The third kappa shape index (κ3) is 4.69. The number of carbonyl (C=O) groups is 3. The van der Waals surface area contributed by atoms with Gasteiger partial charge in [0.05, 0.1) is 17.2 Å². The predicted octanol–water partition coefficient (Wildman–Crippen LogP) is 2.39. The summed E-state index contributed by atoms with van der Waals surface area (Å²) >= 11 is 0. The first-order valence-electron chi connectivity index (χ1n) is 9.35. The van der Waals surface area contributed by atoms with Crippen LogP contribution in [0.3, 0.4) is 0 Å². The number of benzene rings is 2. The molecule has 1 atom stereocenters. The number of nitrogens with zero attached hydrogens (tertiary/aromatic N) is 2. The van der Waals surface area contributed by atoms with Crippen LogP contribution in [-0.2, 0) is 19.1 Å². The summed E-state index contributed by atoms with van der Waals surface area (Å²) in [5.41, 5.74) is 2.49. The fourth-order valence-electron chi connectivity index (χ4n) is 2.84. The van der Waals surface area contributed by atoms with Crippen LogP contribution in [0.15, 0.2) is 54.1 Å². The van der Waals surface area contributed by atoms with Gasteiger partial charge in [0.25, 0.3) is 17.5 Å². The number of carbonyl (C=O) groups excluding carboxylic acids is 3. The molecule has 0 radical (unpaired) electrons. The molecule has 160 valence electrons. The Bertz CT molecular complexity index is 1070. The molecule has 0 unspecified atom stereocenters. The number of hydrogen-bond donors (Lipinski definition) is 1. The van der Waals surface area contributed by atoms with E-state index in [0.717, 1.165) is 11.1 Å². The molecular formula is C21H19N3O7. The number of anilines is 1. The van der Waals surface area contributed by atoms with E-state index in [9.17, 15) is 24.5 Å². The van der Waals surface area contributed by atoms with E-state index in [1.165, 1.54) is 25.1 Å². The highest BCUT2D eigenvalue weighted by atomic mass is 16.6. The van der Waals surface area contributed by atoms with Crippen LogP contribution in [0, 0.1) is 10.1 Å². The number of non-ortho nitro benzene ring substituents is 1. The molecule has 0 aliphatic carbocycles. The van der Waals surface area contributed by atoms with Crippen LogP contribution in [0.2, 0.25) is 0 Å². The molecule has 2 aromatic carbocycles. The average molecular weight is 425 g/mol. The van der Waals surface area contributed by atoms with Crippen LogP contribution in [0.5, 0.6) is 5.75 Å². The minimum absolute atomic E-state index is 0.0809. The molecule has 0 spiro atoms. The highest BCUT2D eigenvalue weighted by Gasteiger charge is 2.35. The van der Waals surface area contributed by atoms with Crippen molar-refractivity contribution >= 4 is 35.2 Å². The van der Waals surface area contributed by atoms with E-state index in [4.69, 9.17) is 9.47 Å². The molecule has 1 aliphatic rings. The Hall–Kier alpha value is -4.21. The van der Waals surface area contributed by atoms with Gasteiger partial charge in [-0.1, -0.05) is 18.2 Å². The van der Waals surface area contributed by atoms with Crippen molar-refractivity contribution in [1.29, 1.82) is 0 Å². The van der Waals surface area contributed by atoms with E-state index in [2.05, 4.69) is 5.43 Å². The van der Waals surface area contributed by atoms with Crippen molar-refractivity contribution in [2.24, 2.45) is 0 Å². The number of nitrogens with one attached hydrogen (secondary N) is 1. The summed E-state index contributed by atoms with van der Waals surface area (Å²) < 4.78 is 10.5. The van der Waals surface area contributed by atoms with Crippen molar-refractivity contribution in [3.05, 3.63) is 69.8 Å². The van der Waals surface area contributed by atoms with Crippen molar-refractivity contribution < 1.29 is 28.8 Å². The lowest BCUT2D eigenvalue weighted by molar-refractivity contribution is -0.384. The second kappa shape index (κ2) is 9.08. The Morgan fingerprint density at radius 3 is 2.58 bits per heavy atom. The summed E-state index contributed by atoms with van der Waals surface area (Å²) in [6, 6.07) is 12.1. The maximum absolute atomic E-state index is 12.8. The second-order valence-electron chi connectivity index (χ2n) is 6.47. The number of esters is 1. The molecule has 1 saturated heterocycles. The van der Waals surface area contributed by atoms with E-state index in [1.54, 1.807) is 37.3 Å². The summed E-state index contributed by atoms with van der Waals surface area (Å²) in [5, 5.41) is 12.3. The first kappa shape index (κ1) is 21.5. The van der Waals surface area contributed by atoms with Gasteiger partial charge in [-0.05, 0) is 38.1 Å². The van der Waals surface area contributed by atoms with Crippen molar-refractivity contribution in [1.82, 2.24) is 5.43 Å².